The number of fused-ring (bicyclic) bond motifs is 2. The minimum absolute atomic E-state index is 0.0833. The zero-order valence-corrected chi connectivity index (χ0v) is 15.1. The number of carbonyl (C=O) groups excluding carboxylic acids is 1. The Bertz CT molecular complexity index is 1280. The lowest BCUT2D eigenvalue weighted by molar-refractivity contribution is -0.121. The smallest absolute Gasteiger partial charge is 0.275 e. The second-order valence-corrected chi connectivity index (χ2v) is 6.44. The van der Waals surface area contributed by atoms with Gasteiger partial charge in [0, 0.05) is 17.1 Å². The third kappa shape index (κ3) is 3.26. The second kappa shape index (κ2) is 7.41. The standard InChI is InChI=1S/C22H18N4O2/c1-2-12-26-22(28)18-9-5-4-8-17(18)19(24-26)14-23-21(27)15-25-13-11-16-7-3-6-10-20(16)25/h1,3-11,13H,12,14-15H2,(H,23,27). The van der Waals surface area contributed by atoms with Gasteiger partial charge >= 0.3 is 0 Å². The zero-order chi connectivity index (χ0) is 19.5. The minimum Gasteiger partial charge on any atom is -0.349 e. The van der Waals surface area contributed by atoms with Crippen molar-refractivity contribution in [3.8, 4) is 12.3 Å². The molecule has 2 heterocycles. The van der Waals surface area contributed by atoms with Gasteiger partial charge in [0.1, 0.15) is 13.1 Å². The first-order chi connectivity index (χ1) is 13.7. The van der Waals surface area contributed by atoms with Gasteiger partial charge in [-0.25, -0.2) is 4.68 Å². The van der Waals surface area contributed by atoms with E-state index in [9.17, 15) is 9.59 Å². The highest BCUT2D eigenvalue weighted by molar-refractivity contribution is 5.85. The van der Waals surface area contributed by atoms with Crippen LogP contribution < -0.4 is 10.9 Å². The predicted octanol–water partition coefficient (Wildman–Crippen LogP) is 2.30. The van der Waals surface area contributed by atoms with Crippen molar-refractivity contribution in [2.24, 2.45) is 0 Å². The molecule has 0 aliphatic heterocycles. The molecule has 6 nitrogen and oxygen atoms in total. The molecule has 0 atom stereocenters. The number of rotatable bonds is 5. The van der Waals surface area contributed by atoms with Crippen LogP contribution in [0.25, 0.3) is 21.7 Å². The van der Waals surface area contributed by atoms with Crippen LogP contribution in [0.5, 0.6) is 0 Å². The molecule has 6 heteroatoms. The highest BCUT2D eigenvalue weighted by Crippen LogP contribution is 2.15. The van der Waals surface area contributed by atoms with E-state index in [0.29, 0.717) is 16.5 Å². The first-order valence-corrected chi connectivity index (χ1v) is 8.90. The Morgan fingerprint density at radius 3 is 2.64 bits per heavy atom. The third-order valence-corrected chi connectivity index (χ3v) is 4.63. The molecule has 4 rings (SSSR count). The zero-order valence-electron chi connectivity index (χ0n) is 15.1. The Kier molecular flexibility index (Phi) is 4.65. The van der Waals surface area contributed by atoms with E-state index in [2.05, 4.69) is 16.3 Å². The second-order valence-electron chi connectivity index (χ2n) is 6.44. The first kappa shape index (κ1) is 17.6. The third-order valence-electron chi connectivity index (χ3n) is 4.63. The number of aromatic nitrogens is 3. The summed E-state index contributed by atoms with van der Waals surface area (Å²) in [7, 11) is 0. The van der Waals surface area contributed by atoms with Crippen molar-refractivity contribution in [2.45, 2.75) is 19.6 Å². The molecule has 0 aliphatic carbocycles. The van der Waals surface area contributed by atoms with Crippen LogP contribution in [0.3, 0.4) is 0 Å². The average molecular weight is 370 g/mol. The molecule has 1 amide bonds. The van der Waals surface area contributed by atoms with Crippen molar-refractivity contribution in [3.05, 3.63) is 76.8 Å². The van der Waals surface area contributed by atoms with Crippen LogP contribution in [-0.2, 0) is 24.4 Å². The lowest BCUT2D eigenvalue weighted by atomic mass is 10.1. The number of hydrogen-bond acceptors (Lipinski definition) is 3. The number of hydrogen-bond donors (Lipinski definition) is 1. The van der Waals surface area contributed by atoms with E-state index in [1.54, 1.807) is 12.1 Å². The van der Waals surface area contributed by atoms with E-state index >= 15 is 0 Å². The van der Waals surface area contributed by atoms with E-state index in [0.717, 1.165) is 10.9 Å². The maximum absolute atomic E-state index is 12.5. The van der Waals surface area contributed by atoms with Crippen LogP contribution in [0.15, 0.2) is 65.6 Å². The van der Waals surface area contributed by atoms with Crippen LogP contribution in [0, 0.1) is 12.3 Å². The number of nitrogens with zero attached hydrogens (tertiary/aromatic N) is 3. The number of amides is 1. The van der Waals surface area contributed by atoms with Gasteiger partial charge in [0.15, 0.2) is 0 Å². The molecule has 0 fully saturated rings. The van der Waals surface area contributed by atoms with Gasteiger partial charge in [-0.2, -0.15) is 5.10 Å². The molecule has 0 spiro atoms. The summed E-state index contributed by atoms with van der Waals surface area (Å²) in [6, 6.07) is 17.1. The summed E-state index contributed by atoms with van der Waals surface area (Å²) in [4.78, 5) is 24.9. The van der Waals surface area contributed by atoms with Crippen molar-refractivity contribution in [1.82, 2.24) is 19.7 Å². The van der Waals surface area contributed by atoms with E-state index < -0.39 is 0 Å². The number of para-hydroxylation sites is 1. The molecule has 0 bridgehead atoms. The Morgan fingerprint density at radius 2 is 1.82 bits per heavy atom. The van der Waals surface area contributed by atoms with Crippen molar-refractivity contribution < 1.29 is 4.79 Å². The number of terminal acetylenes is 1. The lowest BCUT2D eigenvalue weighted by Gasteiger charge is -2.11. The van der Waals surface area contributed by atoms with Gasteiger partial charge in [-0.15, -0.1) is 6.42 Å². The number of benzene rings is 2. The van der Waals surface area contributed by atoms with Crippen LogP contribution in [0.4, 0.5) is 0 Å². The predicted molar refractivity (Wildman–Crippen MR) is 109 cm³/mol. The van der Waals surface area contributed by atoms with E-state index in [-0.39, 0.29) is 31.1 Å². The normalized spacial score (nSPS) is 10.8. The number of nitrogens with one attached hydrogen (secondary N) is 1. The molecule has 0 saturated heterocycles. The van der Waals surface area contributed by atoms with E-state index in [4.69, 9.17) is 6.42 Å². The molecule has 138 valence electrons. The molecule has 4 aromatic rings. The van der Waals surface area contributed by atoms with Gasteiger partial charge in [-0.1, -0.05) is 42.3 Å². The fourth-order valence-electron chi connectivity index (χ4n) is 3.30. The maximum atomic E-state index is 12.5. The van der Waals surface area contributed by atoms with E-state index in [1.807, 2.05) is 53.2 Å². The van der Waals surface area contributed by atoms with Gasteiger partial charge in [-0.05, 0) is 23.6 Å². The van der Waals surface area contributed by atoms with Gasteiger partial charge < -0.3 is 9.88 Å². The van der Waals surface area contributed by atoms with Crippen LogP contribution in [-0.4, -0.2) is 20.3 Å². The fraction of sp³-hybridized carbons (Fsp3) is 0.136. The summed E-state index contributed by atoms with van der Waals surface area (Å²) >= 11 is 0. The largest absolute Gasteiger partial charge is 0.349 e. The molecule has 2 aromatic heterocycles. The molecule has 0 saturated carbocycles. The molecule has 2 aromatic carbocycles. The Balaban J connectivity index is 1.57. The lowest BCUT2D eigenvalue weighted by Crippen LogP contribution is -2.30. The van der Waals surface area contributed by atoms with Crippen LogP contribution in [0.1, 0.15) is 5.69 Å². The van der Waals surface area contributed by atoms with Crippen LogP contribution in [0.2, 0.25) is 0 Å². The minimum atomic E-state index is -0.234. The average Bonchev–Trinajstić information content (AvgIpc) is 3.12. The topological polar surface area (TPSA) is 68.9 Å². The monoisotopic (exact) mass is 370 g/mol. The van der Waals surface area contributed by atoms with Gasteiger partial charge in [0.05, 0.1) is 17.6 Å². The number of carbonyl (C=O) groups is 1. The summed E-state index contributed by atoms with van der Waals surface area (Å²) in [5.41, 5.74) is 1.38. The Labute approximate surface area is 161 Å². The first-order valence-electron chi connectivity index (χ1n) is 8.90. The fourth-order valence-corrected chi connectivity index (χ4v) is 3.30. The Morgan fingerprint density at radius 1 is 1.07 bits per heavy atom. The maximum Gasteiger partial charge on any atom is 0.275 e. The van der Waals surface area contributed by atoms with Crippen LogP contribution >= 0.6 is 0 Å². The van der Waals surface area contributed by atoms with Gasteiger partial charge in [-0.3, -0.25) is 9.59 Å². The molecule has 0 aliphatic rings. The molecule has 28 heavy (non-hydrogen) atoms. The van der Waals surface area contributed by atoms with Crippen molar-refractivity contribution in [2.75, 3.05) is 0 Å². The summed E-state index contributed by atoms with van der Waals surface area (Å²) in [5, 5.41) is 9.58. The van der Waals surface area contributed by atoms with Crippen molar-refractivity contribution in [3.63, 3.8) is 0 Å². The molecular formula is C22H18N4O2. The quantitative estimate of drug-likeness (QED) is 0.548. The summed E-state index contributed by atoms with van der Waals surface area (Å²) in [6.07, 6.45) is 7.24. The SMILES string of the molecule is C#CCn1nc(CNC(=O)Cn2ccc3ccccc32)c2ccccc2c1=O. The molecule has 0 unspecified atom stereocenters. The van der Waals surface area contributed by atoms with Gasteiger partial charge in [0.2, 0.25) is 5.91 Å². The molecule has 0 radical (unpaired) electrons. The molecule has 1 N–H and O–H groups in total. The highest BCUT2D eigenvalue weighted by Gasteiger charge is 2.12. The van der Waals surface area contributed by atoms with E-state index in [1.165, 1.54) is 4.68 Å². The van der Waals surface area contributed by atoms with Gasteiger partial charge in [0.25, 0.3) is 5.56 Å². The summed E-state index contributed by atoms with van der Waals surface area (Å²) < 4.78 is 3.15. The summed E-state index contributed by atoms with van der Waals surface area (Å²) in [6.45, 7) is 0.499. The van der Waals surface area contributed by atoms with Crippen molar-refractivity contribution in [1.29, 1.82) is 0 Å². The van der Waals surface area contributed by atoms with Crippen molar-refractivity contribution >= 4 is 27.6 Å². The highest BCUT2D eigenvalue weighted by atomic mass is 16.2. The summed E-state index contributed by atoms with van der Waals surface area (Å²) in [5.74, 6) is 2.30. The Hall–Kier alpha value is -3.85. The molecular weight excluding hydrogens is 352 g/mol.